The highest BCUT2D eigenvalue weighted by molar-refractivity contribution is 5.94. The van der Waals surface area contributed by atoms with Crippen molar-refractivity contribution in [2.24, 2.45) is 5.92 Å². The number of benzene rings is 3. The first kappa shape index (κ1) is 19.2. The zero-order valence-corrected chi connectivity index (χ0v) is 17.2. The minimum Gasteiger partial charge on any atom is -0.493 e. The Morgan fingerprint density at radius 2 is 1.81 bits per heavy atom. The Labute approximate surface area is 180 Å². The highest BCUT2D eigenvalue weighted by Crippen LogP contribution is 2.31. The second-order valence-corrected chi connectivity index (χ2v) is 7.66. The van der Waals surface area contributed by atoms with E-state index in [2.05, 4.69) is 5.10 Å². The van der Waals surface area contributed by atoms with Gasteiger partial charge >= 0.3 is 5.97 Å². The lowest BCUT2D eigenvalue weighted by Crippen LogP contribution is -2.00. The monoisotopic (exact) mass is 414 g/mol. The van der Waals surface area contributed by atoms with Gasteiger partial charge in [-0.15, -0.1) is 0 Å². The quantitative estimate of drug-likeness (QED) is 0.379. The molecule has 1 aliphatic rings. The van der Waals surface area contributed by atoms with Crippen LogP contribution in [-0.4, -0.2) is 29.5 Å². The Hall–Kier alpha value is -3.80. The SMILES string of the molecule is COC(=O)c1ccc2cn(-c3ccc(Oc4cccc(OCC5CC5)c4)cc3)nc2c1. The zero-order chi connectivity index (χ0) is 21.2. The second kappa shape index (κ2) is 8.14. The normalized spacial score (nSPS) is 13.2. The minimum atomic E-state index is -0.375. The molecule has 1 heterocycles. The topological polar surface area (TPSA) is 62.6 Å². The van der Waals surface area contributed by atoms with Gasteiger partial charge in [-0.1, -0.05) is 12.1 Å². The van der Waals surface area contributed by atoms with Crippen LogP contribution >= 0.6 is 0 Å². The van der Waals surface area contributed by atoms with Gasteiger partial charge in [0, 0.05) is 17.6 Å². The van der Waals surface area contributed by atoms with Crippen LogP contribution in [0.3, 0.4) is 0 Å². The molecule has 0 radical (unpaired) electrons. The molecule has 0 amide bonds. The summed E-state index contributed by atoms with van der Waals surface area (Å²) in [5, 5.41) is 5.52. The molecule has 5 rings (SSSR count). The molecule has 0 bridgehead atoms. The Morgan fingerprint density at radius 3 is 2.58 bits per heavy atom. The Kier molecular flexibility index (Phi) is 5.04. The van der Waals surface area contributed by atoms with Crippen LogP contribution in [0.2, 0.25) is 0 Å². The number of carbonyl (C=O) groups excluding carboxylic acids is 1. The second-order valence-electron chi connectivity index (χ2n) is 7.66. The van der Waals surface area contributed by atoms with E-state index in [1.807, 2.05) is 60.8 Å². The number of hydrogen-bond acceptors (Lipinski definition) is 5. The highest BCUT2D eigenvalue weighted by atomic mass is 16.5. The number of methoxy groups -OCH3 is 1. The maximum Gasteiger partial charge on any atom is 0.337 e. The van der Waals surface area contributed by atoms with Crippen LogP contribution < -0.4 is 9.47 Å². The summed E-state index contributed by atoms with van der Waals surface area (Å²) in [5.74, 6) is 2.63. The maximum absolute atomic E-state index is 11.7. The number of esters is 1. The molecule has 1 aromatic heterocycles. The standard InChI is InChI=1S/C25H22N2O4/c1-29-25(28)18-7-8-19-15-27(26-24(19)13-18)20-9-11-21(12-10-20)31-23-4-2-3-22(14-23)30-16-17-5-6-17/h2-4,7-15,17H,5-6,16H2,1H3. The average Bonchev–Trinajstić information content (AvgIpc) is 3.54. The summed E-state index contributed by atoms with van der Waals surface area (Å²) in [7, 11) is 1.37. The molecule has 0 unspecified atom stereocenters. The summed E-state index contributed by atoms with van der Waals surface area (Å²) in [6, 6.07) is 20.7. The van der Waals surface area contributed by atoms with E-state index in [1.165, 1.54) is 20.0 Å². The first-order valence-corrected chi connectivity index (χ1v) is 10.3. The number of aromatic nitrogens is 2. The Morgan fingerprint density at radius 1 is 1.00 bits per heavy atom. The first-order valence-electron chi connectivity index (χ1n) is 10.3. The van der Waals surface area contributed by atoms with E-state index in [1.54, 1.807) is 16.8 Å². The smallest absolute Gasteiger partial charge is 0.337 e. The summed E-state index contributed by atoms with van der Waals surface area (Å²) >= 11 is 0. The van der Waals surface area contributed by atoms with Crippen molar-refractivity contribution in [3.05, 3.63) is 78.5 Å². The number of hydrogen-bond donors (Lipinski definition) is 0. The molecular weight excluding hydrogens is 392 g/mol. The molecule has 4 aromatic rings. The predicted molar refractivity (Wildman–Crippen MR) is 117 cm³/mol. The molecule has 0 N–H and O–H groups in total. The summed E-state index contributed by atoms with van der Waals surface area (Å²) < 4.78 is 18.4. The Balaban J connectivity index is 1.30. The van der Waals surface area contributed by atoms with Gasteiger partial charge in [0.2, 0.25) is 0 Å². The van der Waals surface area contributed by atoms with Gasteiger partial charge in [-0.2, -0.15) is 5.10 Å². The van der Waals surface area contributed by atoms with E-state index in [0.717, 1.165) is 40.4 Å². The number of rotatable bonds is 7. The fourth-order valence-corrected chi connectivity index (χ4v) is 3.32. The van der Waals surface area contributed by atoms with Gasteiger partial charge in [0.05, 0.1) is 30.5 Å². The molecule has 6 nitrogen and oxygen atoms in total. The lowest BCUT2D eigenvalue weighted by Gasteiger charge is -2.09. The van der Waals surface area contributed by atoms with Gasteiger partial charge in [-0.3, -0.25) is 0 Å². The minimum absolute atomic E-state index is 0.375. The van der Waals surface area contributed by atoms with Gasteiger partial charge < -0.3 is 14.2 Å². The summed E-state index contributed by atoms with van der Waals surface area (Å²) in [6.07, 6.45) is 4.45. The van der Waals surface area contributed by atoms with E-state index >= 15 is 0 Å². The first-order chi connectivity index (χ1) is 15.2. The van der Waals surface area contributed by atoms with Gasteiger partial charge in [0.15, 0.2) is 0 Å². The van der Waals surface area contributed by atoms with Crippen LogP contribution in [-0.2, 0) is 4.74 Å². The van der Waals surface area contributed by atoms with E-state index in [0.29, 0.717) is 11.5 Å². The zero-order valence-electron chi connectivity index (χ0n) is 17.2. The molecule has 1 fully saturated rings. The van der Waals surface area contributed by atoms with Crippen molar-refractivity contribution in [3.8, 4) is 22.9 Å². The third kappa shape index (κ3) is 4.38. The molecule has 1 saturated carbocycles. The van der Waals surface area contributed by atoms with Crippen LogP contribution in [0.5, 0.6) is 17.2 Å². The van der Waals surface area contributed by atoms with Crippen LogP contribution in [0, 0.1) is 5.92 Å². The maximum atomic E-state index is 11.7. The van der Waals surface area contributed by atoms with Gasteiger partial charge in [-0.05, 0) is 67.3 Å². The Bertz CT molecular complexity index is 1230. The van der Waals surface area contributed by atoms with E-state index < -0.39 is 0 Å². The molecular formula is C25H22N2O4. The van der Waals surface area contributed by atoms with Gasteiger partial charge in [0.25, 0.3) is 0 Å². The van der Waals surface area contributed by atoms with Crippen molar-refractivity contribution in [1.82, 2.24) is 9.78 Å². The molecule has 0 saturated heterocycles. The fraction of sp³-hybridized carbons (Fsp3) is 0.200. The summed E-state index contributed by atoms with van der Waals surface area (Å²) in [5.41, 5.74) is 2.10. The largest absolute Gasteiger partial charge is 0.493 e. The van der Waals surface area contributed by atoms with Crippen molar-refractivity contribution >= 4 is 16.9 Å². The van der Waals surface area contributed by atoms with Crippen LogP contribution in [0.15, 0.2) is 72.9 Å². The predicted octanol–water partition coefficient (Wildman–Crippen LogP) is 5.39. The van der Waals surface area contributed by atoms with E-state index in [9.17, 15) is 4.79 Å². The molecule has 0 aliphatic heterocycles. The number of carbonyl (C=O) groups is 1. The van der Waals surface area contributed by atoms with Crippen LogP contribution in [0.1, 0.15) is 23.2 Å². The lowest BCUT2D eigenvalue weighted by molar-refractivity contribution is 0.0601. The van der Waals surface area contributed by atoms with Gasteiger partial charge in [0.1, 0.15) is 17.2 Å². The summed E-state index contributed by atoms with van der Waals surface area (Å²) in [4.78, 5) is 11.7. The van der Waals surface area contributed by atoms with Crippen molar-refractivity contribution in [3.63, 3.8) is 0 Å². The summed E-state index contributed by atoms with van der Waals surface area (Å²) in [6.45, 7) is 0.775. The van der Waals surface area contributed by atoms with Crippen LogP contribution in [0.4, 0.5) is 0 Å². The molecule has 0 atom stereocenters. The molecule has 6 heteroatoms. The van der Waals surface area contributed by atoms with Crippen molar-refractivity contribution in [2.45, 2.75) is 12.8 Å². The number of nitrogens with zero attached hydrogens (tertiary/aromatic N) is 2. The lowest BCUT2D eigenvalue weighted by atomic mass is 10.2. The van der Waals surface area contributed by atoms with E-state index in [-0.39, 0.29) is 5.97 Å². The molecule has 1 aliphatic carbocycles. The third-order valence-corrected chi connectivity index (χ3v) is 5.25. The average molecular weight is 414 g/mol. The molecule has 156 valence electrons. The highest BCUT2D eigenvalue weighted by Gasteiger charge is 2.21. The number of fused-ring (bicyclic) bond motifs is 1. The van der Waals surface area contributed by atoms with Crippen molar-refractivity contribution in [1.29, 1.82) is 0 Å². The molecule has 3 aromatic carbocycles. The molecule has 31 heavy (non-hydrogen) atoms. The fourth-order valence-electron chi connectivity index (χ4n) is 3.32. The van der Waals surface area contributed by atoms with Crippen LogP contribution in [0.25, 0.3) is 16.6 Å². The molecule has 0 spiro atoms. The number of ether oxygens (including phenoxy) is 3. The third-order valence-electron chi connectivity index (χ3n) is 5.25. The van der Waals surface area contributed by atoms with Crippen molar-refractivity contribution < 1.29 is 19.0 Å². The van der Waals surface area contributed by atoms with E-state index in [4.69, 9.17) is 14.2 Å². The van der Waals surface area contributed by atoms with Gasteiger partial charge in [-0.25, -0.2) is 9.48 Å². The van der Waals surface area contributed by atoms with Crippen molar-refractivity contribution in [2.75, 3.05) is 13.7 Å².